The highest BCUT2D eigenvalue weighted by Gasteiger charge is 2.13. The number of nitrogens with zero attached hydrogens (tertiary/aromatic N) is 1. The SMILES string of the molecule is Cc1nc(CNc2c(C(C)C)cccc2C(C)C)cs1. The van der Waals surface area contributed by atoms with Crippen molar-refractivity contribution in [2.24, 2.45) is 0 Å². The molecule has 2 rings (SSSR count). The number of rotatable bonds is 5. The van der Waals surface area contributed by atoms with Crippen LogP contribution in [-0.4, -0.2) is 4.98 Å². The number of hydrogen-bond acceptors (Lipinski definition) is 3. The molecular formula is C17H24N2S. The first kappa shape index (κ1) is 15.0. The lowest BCUT2D eigenvalue weighted by Gasteiger charge is -2.20. The Labute approximate surface area is 126 Å². The molecule has 0 aliphatic carbocycles. The van der Waals surface area contributed by atoms with Crippen LogP contribution >= 0.6 is 11.3 Å². The van der Waals surface area contributed by atoms with Crippen molar-refractivity contribution in [3.05, 3.63) is 45.4 Å². The number of hydrogen-bond donors (Lipinski definition) is 1. The Bertz CT molecular complexity index is 544. The highest BCUT2D eigenvalue weighted by atomic mass is 32.1. The van der Waals surface area contributed by atoms with Gasteiger partial charge in [-0.25, -0.2) is 4.98 Å². The van der Waals surface area contributed by atoms with E-state index in [4.69, 9.17) is 0 Å². The first-order valence-electron chi connectivity index (χ1n) is 7.26. The van der Waals surface area contributed by atoms with E-state index in [0.717, 1.165) is 17.2 Å². The van der Waals surface area contributed by atoms with E-state index in [9.17, 15) is 0 Å². The summed E-state index contributed by atoms with van der Waals surface area (Å²) >= 11 is 1.71. The van der Waals surface area contributed by atoms with Gasteiger partial charge in [-0.15, -0.1) is 11.3 Å². The second-order valence-electron chi connectivity index (χ2n) is 5.83. The van der Waals surface area contributed by atoms with Crippen molar-refractivity contribution in [2.75, 3.05) is 5.32 Å². The van der Waals surface area contributed by atoms with Gasteiger partial charge >= 0.3 is 0 Å². The van der Waals surface area contributed by atoms with Crippen LogP contribution in [0.1, 0.15) is 61.4 Å². The van der Waals surface area contributed by atoms with Gasteiger partial charge in [0.15, 0.2) is 0 Å². The molecule has 0 bridgehead atoms. The number of thiazole rings is 1. The van der Waals surface area contributed by atoms with E-state index in [2.05, 4.69) is 68.5 Å². The van der Waals surface area contributed by atoms with Crippen LogP contribution in [0.15, 0.2) is 23.6 Å². The lowest BCUT2D eigenvalue weighted by molar-refractivity contribution is 0.831. The molecule has 1 heterocycles. The van der Waals surface area contributed by atoms with Crippen molar-refractivity contribution in [2.45, 2.75) is 53.0 Å². The van der Waals surface area contributed by atoms with Gasteiger partial charge in [-0.2, -0.15) is 0 Å². The van der Waals surface area contributed by atoms with E-state index in [1.807, 2.05) is 0 Å². The molecule has 1 N–H and O–H groups in total. The minimum absolute atomic E-state index is 0.522. The Balaban J connectivity index is 2.28. The molecule has 2 aromatic rings. The van der Waals surface area contributed by atoms with Crippen LogP contribution in [0.25, 0.3) is 0 Å². The standard InChI is InChI=1S/C17H24N2S/c1-11(2)15-7-6-8-16(12(3)4)17(15)18-9-14-10-20-13(5)19-14/h6-8,10-12,18H,9H2,1-5H3. The molecule has 0 amide bonds. The molecule has 0 saturated carbocycles. The van der Waals surface area contributed by atoms with Gasteiger partial charge in [-0.05, 0) is 29.9 Å². The van der Waals surface area contributed by atoms with Gasteiger partial charge < -0.3 is 5.32 Å². The number of anilines is 1. The van der Waals surface area contributed by atoms with E-state index in [0.29, 0.717) is 11.8 Å². The van der Waals surface area contributed by atoms with Crippen LogP contribution in [0.2, 0.25) is 0 Å². The normalized spacial score (nSPS) is 11.3. The minimum Gasteiger partial charge on any atom is -0.379 e. The summed E-state index contributed by atoms with van der Waals surface area (Å²) in [5.41, 5.74) is 5.20. The van der Waals surface area contributed by atoms with Gasteiger partial charge in [0.2, 0.25) is 0 Å². The second kappa shape index (κ2) is 6.40. The molecule has 3 heteroatoms. The summed E-state index contributed by atoms with van der Waals surface area (Å²) in [6.45, 7) is 11.8. The summed E-state index contributed by atoms with van der Waals surface area (Å²) in [5.74, 6) is 1.04. The van der Waals surface area contributed by atoms with E-state index in [1.54, 1.807) is 11.3 Å². The summed E-state index contributed by atoms with van der Waals surface area (Å²) in [6, 6.07) is 6.62. The predicted molar refractivity (Wildman–Crippen MR) is 88.8 cm³/mol. The molecule has 108 valence electrons. The molecule has 0 aliphatic rings. The van der Waals surface area contributed by atoms with E-state index >= 15 is 0 Å². The van der Waals surface area contributed by atoms with Crippen molar-refractivity contribution in [3.8, 4) is 0 Å². The first-order chi connectivity index (χ1) is 9.49. The smallest absolute Gasteiger partial charge is 0.0898 e. The monoisotopic (exact) mass is 288 g/mol. The highest BCUT2D eigenvalue weighted by molar-refractivity contribution is 7.09. The van der Waals surface area contributed by atoms with E-state index < -0.39 is 0 Å². The van der Waals surface area contributed by atoms with Gasteiger partial charge in [0.25, 0.3) is 0 Å². The molecule has 0 aliphatic heterocycles. The lowest BCUT2D eigenvalue weighted by Crippen LogP contribution is -2.08. The van der Waals surface area contributed by atoms with Crippen molar-refractivity contribution in [1.82, 2.24) is 4.98 Å². The topological polar surface area (TPSA) is 24.9 Å². The Morgan fingerprint density at radius 3 is 2.15 bits per heavy atom. The van der Waals surface area contributed by atoms with Crippen LogP contribution in [0.5, 0.6) is 0 Å². The molecular weight excluding hydrogens is 264 g/mol. The fourth-order valence-corrected chi connectivity index (χ4v) is 3.04. The lowest BCUT2D eigenvalue weighted by atomic mass is 9.92. The summed E-state index contributed by atoms with van der Waals surface area (Å²) in [5, 5.41) is 6.88. The summed E-state index contributed by atoms with van der Waals surface area (Å²) in [7, 11) is 0. The van der Waals surface area contributed by atoms with Crippen molar-refractivity contribution in [3.63, 3.8) is 0 Å². The van der Waals surface area contributed by atoms with Crippen molar-refractivity contribution in [1.29, 1.82) is 0 Å². The van der Waals surface area contributed by atoms with Gasteiger partial charge in [-0.1, -0.05) is 45.9 Å². The van der Waals surface area contributed by atoms with Crippen LogP contribution in [0.4, 0.5) is 5.69 Å². The minimum atomic E-state index is 0.522. The average Bonchev–Trinajstić information content (AvgIpc) is 2.81. The van der Waals surface area contributed by atoms with Crippen molar-refractivity contribution >= 4 is 17.0 Å². The maximum absolute atomic E-state index is 4.53. The van der Waals surface area contributed by atoms with E-state index in [1.165, 1.54) is 16.8 Å². The summed E-state index contributed by atoms with van der Waals surface area (Å²) in [4.78, 5) is 4.53. The van der Waals surface area contributed by atoms with Crippen LogP contribution in [0, 0.1) is 6.92 Å². The summed E-state index contributed by atoms with van der Waals surface area (Å²) < 4.78 is 0. The Morgan fingerprint density at radius 2 is 1.70 bits per heavy atom. The fraction of sp³-hybridized carbons (Fsp3) is 0.471. The molecule has 0 spiro atoms. The molecule has 0 radical (unpaired) electrons. The third-order valence-corrected chi connectivity index (χ3v) is 4.31. The Hall–Kier alpha value is -1.35. The second-order valence-corrected chi connectivity index (χ2v) is 6.89. The van der Waals surface area contributed by atoms with Gasteiger partial charge in [-0.3, -0.25) is 0 Å². The largest absolute Gasteiger partial charge is 0.379 e. The van der Waals surface area contributed by atoms with Gasteiger partial charge in [0.1, 0.15) is 0 Å². The van der Waals surface area contributed by atoms with Crippen LogP contribution in [0.3, 0.4) is 0 Å². The number of aromatic nitrogens is 1. The quantitative estimate of drug-likeness (QED) is 0.806. The summed E-state index contributed by atoms with van der Waals surface area (Å²) in [6.07, 6.45) is 0. The molecule has 0 atom stereocenters. The molecule has 20 heavy (non-hydrogen) atoms. The average molecular weight is 288 g/mol. The predicted octanol–water partition coefficient (Wildman–Crippen LogP) is 5.31. The van der Waals surface area contributed by atoms with Crippen LogP contribution in [-0.2, 0) is 6.54 Å². The third-order valence-electron chi connectivity index (χ3n) is 3.49. The van der Waals surface area contributed by atoms with Gasteiger partial charge in [0, 0.05) is 11.1 Å². The molecule has 1 aromatic heterocycles. The maximum atomic E-state index is 4.53. The molecule has 2 nitrogen and oxygen atoms in total. The zero-order valence-electron chi connectivity index (χ0n) is 13.0. The molecule has 0 saturated heterocycles. The van der Waals surface area contributed by atoms with E-state index in [-0.39, 0.29) is 0 Å². The first-order valence-corrected chi connectivity index (χ1v) is 8.14. The maximum Gasteiger partial charge on any atom is 0.0898 e. The molecule has 1 aromatic carbocycles. The zero-order valence-corrected chi connectivity index (χ0v) is 13.8. The highest BCUT2D eigenvalue weighted by Crippen LogP contribution is 2.32. The number of nitrogens with one attached hydrogen (secondary N) is 1. The number of benzene rings is 1. The molecule has 0 fully saturated rings. The Morgan fingerprint density at radius 1 is 1.10 bits per heavy atom. The zero-order chi connectivity index (χ0) is 14.7. The van der Waals surface area contributed by atoms with Gasteiger partial charge in [0.05, 0.1) is 17.2 Å². The number of aryl methyl sites for hydroxylation is 1. The van der Waals surface area contributed by atoms with Crippen LogP contribution < -0.4 is 5.32 Å². The fourth-order valence-electron chi connectivity index (χ4n) is 2.42. The third kappa shape index (κ3) is 3.40. The van der Waals surface area contributed by atoms with Crippen molar-refractivity contribution < 1.29 is 0 Å². The molecule has 0 unspecified atom stereocenters. The Kier molecular flexibility index (Phi) is 4.81. The number of para-hydroxylation sites is 1.